The number of fused-ring (bicyclic) bond motifs is 1. The molecule has 0 aliphatic rings. The predicted octanol–water partition coefficient (Wildman–Crippen LogP) is 5.58. The lowest BCUT2D eigenvalue weighted by atomic mass is 9.99. The normalized spacial score (nSPS) is 11.9. The Morgan fingerprint density at radius 1 is 0.941 bits per heavy atom. The predicted molar refractivity (Wildman–Crippen MR) is 134 cm³/mol. The molecule has 0 fully saturated rings. The van der Waals surface area contributed by atoms with Crippen LogP contribution in [0, 0.1) is 0 Å². The number of anilines is 1. The highest BCUT2D eigenvalue weighted by molar-refractivity contribution is 6.02. The highest BCUT2D eigenvalue weighted by atomic mass is 16.6. The van der Waals surface area contributed by atoms with Gasteiger partial charge in [-0.1, -0.05) is 30.3 Å². The lowest BCUT2D eigenvalue weighted by Crippen LogP contribution is -2.32. The van der Waals surface area contributed by atoms with Gasteiger partial charge in [0.1, 0.15) is 11.2 Å². The minimum atomic E-state index is -0.611. The zero-order valence-corrected chi connectivity index (χ0v) is 21.2. The Labute approximate surface area is 200 Å². The van der Waals surface area contributed by atoms with E-state index in [-0.39, 0.29) is 0 Å². The smallest absolute Gasteiger partial charge is 0.435 e. The number of hydrogen-bond acceptors (Lipinski definition) is 6. The number of alkyl carbamates (subject to hydrolysis) is 1. The first-order valence-corrected chi connectivity index (χ1v) is 11.2. The molecule has 3 aromatic rings. The number of aromatic nitrogens is 2. The van der Waals surface area contributed by atoms with E-state index in [2.05, 4.69) is 10.4 Å². The average molecular weight is 467 g/mol. The maximum atomic E-state index is 12.6. The second-order valence-electron chi connectivity index (χ2n) is 10.4. The number of benzene rings is 2. The highest BCUT2D eigenvalue weighted by Gasteiger charge is 2.22. The van der Waals surface area contributed by atoms with Gasteiger partial charge in [-0.3, -0.25) is 0 Å². The molecule has 8 nitrogen and oxygen atoms in total. The molecule has 3 rings (SSSR count). The molecule has 34 heavy (non-hydrogen) atoms. The van der Waals surface area contributed by atoms with Crippen molar-refractivity contribution in [2.75, 3.05) is 19.0 Å². The van der Waals surface area contributed by atoms with Gasteiger partial charge in [0.2, 0.25) is 0 Å². The summed E-state index contributed by atoms with van der Waals surface area (Å²) in [6.07, 6.45) is 0.734. The van der Waals surface area contributed by atoms with Crippen LogP contribution >= 0.6 is 0 Å². The fourth-order valence-electron chi connectivity index (χ4n) is 3.54. The zero-order chi connectivity index (χ0) is 25.3. The van der Waals surface area contributed by atoms with Crippen LogP contribution in [0.5, 0.6) is 0 Å². The third kappa shape index (κ3) is 6.07. The molecule has 1 heterocycles. The van der Waals surface area contributed by atoms with E-state index in [0.29, 0.717) is 12.1 Å². The fourth-order valence-corrected chi connectivity index (χ4v) is 3.54. The van der Waals surface area contributed by atoms with E-state index in [9.17, 15) is 9.59 Å². The van der Waals surface area contributed by atoms with Crippen LogP contribution in [0.4, 0.5) is 15.3 Å². The molecule has 0 bridgehead atoms. The molecule has 2 aromatic carbocycles. The number of nitrogens with one attached hydrogen (secondary N) is 1. The van der Waals surface area contributed by atoms with Gasteiger partial charge in [0.25, 0.3) is 0 Å². The van der Waals surface area contributed by atoms with E-state index in [1.54, 1.807) is 6.20 Å². The largest absolute Gasteiger partial charge is 0.444 e. The zero-order valence-electron chi connectivity index (χ0n) is 21.2. The molecular weight excluding hydrogens is 432 g/mol. The first kappa shape index (κ1) is 25.1. The Hall–Kier alpha value is -3.55. The lowest BCUT2D eigenvalue weighted by Gasteiger charge is -2.21. The van der Waals surface area contributed by atoms with Crippen molar-refractivity contribution in [3.8, 4) is 11.1 Å². The number of hydrogen-bond donors (Lipinski definition) is 1. The highest BCUT2D eigenvalue weighted by Crippen LogP contribution is 2.37. The molecule has 0 atom stereocenters. The van der Waals surface area contributed by atoms with Crippen molar-refractivity contribution in [2.45, 2.75) is 59.3 Å². The van der Waals surface area contributed by atoms with E-state index < -0.39 is 23.4 Å². The summed E-state index contributed by atoms with van der Waals surface area (Å²) < 4.78 is 12.1. The maximum absolute atomic E-state index is 12.6. The fraction of sp³-hybridized carbons (Fsp3) is 0.423. The topological polar surface area (TPSA) is 85.7 Å². The Morgan fingerprint density at radius 2 is 1.56 bits per heavy atom. The Morgan fingerprint density at radius 3 is 2.12 bits per heavy atom. The molecule has 1 N–H and O–H groups in total. The number of carbonyl (C=O) groups is 2. The third-order valence-corrected chi connectivity index (χ3v) is 4.84. The summed E-state index contributed by atoms with van der Waals surface area (Å²) in [5.41, 5.74) is 3.46. The minimum Gasteiger partial charge on any atom is -0.444 e. The molecule has 1 amide bonds. The van der Waals surface area contributed by atoms with Crippen molar-refractivity contribution in [1.82, 2.24) is 15.1 Å². The third-order valence-electron chi connectivity index (χ3n) is 4.84. The van der Waals surface area contributed by atoms with Gasteiger partial charge >= 0.3 is 12.2 Å². The second-order valence-corrected chi connectivity index (χ2v) is 10.4. The van der Waals surface area contributed by atoms with Gasteiger partial charge in [0.15, 0.2) is 0 Å². The van der Waals surface area contributed by atoms with E-state index in [4.69, 9.17) is 9.47 Å². The molecule has 0 radical (unpaired) electrons. The Bertz CT molecular complexity index is 1180. The van der Waals surface area contributed by atoms with Gasteiger partial charge in [-0.25, -0.2) is 9.59 Å². The van der Waals surface area contributed by atoms with E-state index >= 15 is 0 Å². The molecule has 182 valence electrons. The van der Waals surface area contributed by atoms with Crippen molar-refractivity contribution in [3.05, 3.63) is 48.2 Å². The average Bonchev–Trinajstić information content (AvgIpc) is 3.13. The van der Waals surface area contributed by atoms with Gasteiger partial charge < -0.3 is 19.7 Å². The molecule has 0 spiro atoms. The second kappa shape index (κ2) is 9.37. The number of ether oxygens (including phenoxy) is 2. The summed E-state index contributed by atoms with van der Waals surface area (Å²) in [7, 11) is 3.92. The van der Waals surface area contributed by atoms with Crippen molar-refractivity contribution in [1.29, 1.82) is 0 Å². The summed E-state index contributed by atoms with van der Waals surface area (Å²) in [6.45, 7) is 11.3. The van der Waals surface area contributed by atoms with Crippen molar-refractivity contribution in [3.63, 3.8) is 0 Å². The van der Waals surface area contributed by atoms with E-state index in [1.165, 1.54) is 4.68 Å². The van der Waals surface area contributed by atoms with Crippen LogP contribution in [0.3, 0.4) is 0 Å². The molecule has 0 saturated carbocycles. The molecule has 0 saturated heterocycles. The SMILES string of the molecule is CN(C)c1c(-c2ccc(CNC(=O)OC(C)(C)C)cc2)ccc2c1cnn2C(=O)OC(C)(C)C. The monoisotopic (exact) mass is 466 g/mol. The maximum Gasteiger partial charge on any atom is 0.435 e. The van der Waals surface area contributed by atoms with Crippen LogP contribution in [0.25, 0.3) is 22.0 Å². The molecular formula is C26H34N4O4. The number of amides is 1. The Kier molecular flexibility index (Phi) is 6.91. The summed E-state index contributed by atoms with van der Waals surface area (Å²) in [4.78, 5) is 26.5. The quantitative estimate of drug-likeness (QED) is 0.540. The summed E-state index contributed by atoms with van der Waals surface area (Å²) >= 11 is 0. The van der Waals surface area contributed by atoms with Crippen LogP contribution in [-0.2, 0) is 16.0 Å². The van der Waals surface area contributed by atoms with Crippen LogP contribution in [-0.4, -0.2) is 47.3 Å². The van der Waals surface area contributed by atoms with Gasteiger partial charge in [0.05, 0.1) is 17.4 Å². The Balaban J connectivity index is 1.87. The number of nitrogens with zero attached hydrogens (tertiary/aromatic N) is 3. The van der Waals surface area contributed by atoms with Crippen molar-refractivity contribution in [2.24, 2.45) is 0 Å². The standard InChI is InChI=1S/C26H34N4O4/c1-25(2,3)33-23(31)27-15-17-9-11-18(12-10-17)19-13-14-21-20(22(19)29(7)8)16-28-30(21)24(32)34-26(4,5)6/h9-14,16H,15H2,1-8H3,(H,27,31). The molecule has 1 aromatic heterocycles. The van der Waals surface area contributed by atoms with Crippen molar-refractivity contribution < 1.29 is 19.1 Å². The van der Waals surface area contributed by atoms with E-state index in [1.807, 2.05) is 96.9 Å². The van der Waals surface area contributed by atoms with Gasteiger partial charge in [-0.05, 0) is 58.7 Å². The van der Waals surface area contributed by atoms with Crippen LogP contribution in [0.15, 0.2) is 42.6 Å². The van der Waals surface area contributed by atoms with Gasteiger partial charge in [-0.15, -0.1) is 0 Å². The van der Waals surface area contributed by atoms with Gasteiger partial charge in [0, 0.05) is 31.6 Å². The van der Waals surface area contributed by atoms with Crippen LogP contribution < -0.4 is 10.2 Å². The van der Waals surface area contributed by atoms with E-state index in [0.717, 1.165) is 27.8 Å². The first-order chi connectivity index (χ1) is 15.7. The lowest BCUT2D eigenvalue weighted by molar-refractivity contribution is 0.0512. The van der Waals surface area contributed by atoms with Gasteiger partial charge in [-0.2, -0.15) is 9.78 Å². The molecule has 0 aliphatic heterocycles. The molecule has 8 heteroatoms. The van der Waals surface area contributed by atoms with Crippen LogP contribution in [0.2, 0.25) is 0 Å². The summed E-state index contributed by atoms with van der Waals surface area (Å²) in [6, 6.07) is 11.8. The molecule has 0 unspecified atom stereocenters. The molecule has 0 aliphatic carbocycles. The summed E-state index contributed by atoms with van der Waals surface area (Å²) in [5, 5.41) is 7.93. The summed E-state index contributed by atoms with van der Waals surface area (Å²) in [5.74, 6) is 0. The minimum absolute atomic E-state index is 0.372. The number of carbonyl (C=O) groups excluding carboxylic acids is 2. The van der Waals surface area contributed by atoms with Crippen molar-refractivity contribution >= 4 is 28.8 Å². The van der Waals surface area contributed by atoms with Crippen LogP contribution in [0.1, 0.15) is 47.1 Å². The number of rotatable bonds is 4. The first-order valence-electron chi connectivity index (χ1n) is 11.2.